The molecule has 0 bridgehead atoms. The highest BCUT2D eigenvalue weighted by Crippen LogP contribution is 2.30. The normalized spacial score (nSPS) is 11.4. The van der Waals surface area contributed by atoms with Gasteiger partial charge >= 0.3 is 5.97 Å². The maximum Gasteiger partial charge on any atom is 0.329 e. The fraction of sp³-hybridized carbons (Fsp3) is 0.500. The Morgan fingerprint density at radius 2 is 2.06 bits per heavy atom. The molecule has 0 spiro atoms. The number of hydrogen-bond donors (Lipinski definition) is 1. The molecule has 4 nitrogen and oxygen atoms in total. The Hall–Kier alpha value is -1.07. The highest BCUT2D eigenvalue weighted by molar-refractivity contribution is 7.13. The largest absolute Gasteiger partial charge is 0.480 e. The number of carbonyl (C=O) groups is 2. The minimum atomic E-state index is -1.26. The number of amides is 1. The van der Waals surface area contributed by atoms with Gasteiger partial charge in [0.1, 0.15) is 10.4 Å². The zero-order valence-corrected chi connectivity index (χ0v) is 12.4. The molecule has 0 atom stereocenters. The predicted octanol–water partition coefficient (Wildman–Crippen LogP) is 3.04. The van der Waals surface area contributed by atoms with E-state index in [4.69, 9.17) is 11.6 Å². The number of rotatable bonds is 4. The number of hydrogen-bond acceptors (Lipinski definition) is 3. The molecule has 0 aliphatic heterocycles. The summed E-state index contributed by atoms with van der Waals surface area (Å²) >= 11 is 7.29. The molecule has 1 aromatic rings. The quantitative estimate of drug-likeness (QED) is 0.927. The molecule has 0 aliphatic carbocycles. The molecular formula is C12H16ClNO3S. The van der Waals surface area contributed by atoms with E-state index in [-0.39, 0.29) is 5.91 Å². The Morgan fingerprint density at radius 1 is 1.50 bits per heavy atom. The highest BCUT2D eigenvalue weighted by atomic mass is 35.5. The number of carboxylic acids is 1. The van der Waals surface area contributed by atoms with Gasteiger partial charge < -0.3 is 10.0 Å². The first kappa shape index (κ1) is 15.0. The Morgan fingerprint density at radius 3 is 2.39 bits per heavy atom. The predicted molar refractivity (Wildman–Crippen MR) is 72.5 cm³/mol. The molecule has 1 heterocycles. The third kappa shape index (κ3) is 2.52. The van der Waals surface area contributed by atoms with Crippen molar-refractivity contribution >= 4 is 34.8 Å². The van der Waals surface area contributed by atoms with Crippen LogP contribution in [0.1, 0.15) is 36.0 Å². The molecule has 1 aromatic heterocycles. The smallest absolute Gasteiger partial charge is 0.329 e. The van der Waals surface area contributed by atoms with Gasteiger partial charge in [0.05, 0.1) is 5.02 Å². The van der Waals surface area contributed by atoms with Gasteiger partial charge in [0.15, 0.2) is 0 Å². The number of halogens is 1. The third-order valence-corrected chi connectivity index (χ3v) is 4.54. The monoisotopic (exact) mass is 289 g/mol. The summed E-state index contributed by atoms with van der Waals surface area (Å²) in [7, 11) is 0. The van der Waals surface area contributed by atoms with Crippen molar-refractivity contribution in [2.45, 2.75) is 33.2 Å². The molecule has 0 saturated heterocycles. The number of thiophene rings is 1. The average Bonchev–Trinajstić information content (AvgIpc) is 2.60. The fourth-order valence-electron chi connectivity index (χ4n) is 1.60. The van der Waals surface area contributed by atoms with E-state index in [0.29, 0.717) is 16.4 Å². The van der Waals surface area contributed by atoms with Crippen molar-refractivity contribution in [2.75, 3.05) is 6.54 Å². The Bertz CT molecular complexity index is 482. The van der Waals surface area contributed by atoms with Gasteiger partial charge in [-0.25, -0.2) is 4.79 Å². The number of aliphatic carboxylic acids is 1. The lowest BCUT2D eigenvalue weighted by Gasteiger charge is -2.34. The standard InChI is InChI=1S/C12H16ClNO3S/c1-5-14(12(3,4)11(16)17)10(15)9-8(13)7(2)6-18-9/h6H,5H2,1-4H3,(H,16,17). The van der Waals surface area contributed by atoms with Crippen LogP contribution >= 0.6 is 22.9 Å². The van der Waals surface area contributed by atoms with Crippen LogP contribution in [-0.4, -0.2) is 34.0 Å². The number of likely N-dealkylation sites (N-methyl/N-ethyl adjacent to an activating group) is 1. The number of carbonyl (C=O) groups excluding carboxylic acids is 1. The number of aryl methyl sites for hydroxylation is 1. The minimum Gasteiger partial charge on any atom is -0.480 e. The van der Waals surface area contributed by atoms with Crippen molar-refractivity contribution in [1.82, 2.24) is 4.90 Å². The highest BCUT2D eigenvalue weighted by Gasteiger charge is 2.38. The molecule has 0 fully saturated rings. The molecule has 0 unspecified atom stereocenters. The molecule has 6 heteroatoms. The fourth-order valence-corrected chi connectivity index (χ4v) is 2.83. The summed E-state index contributed by atoms with van der Waals surface area (Å²) in [6.45, 7) is 6.88. The first-order chi connectivity index (χ1) is 8.23. The molecule has 18 heavy (non-hydrogen) atoms. The van der Waals surface area contributed by atoms with Gasteiger partial charge in [-0.15, -0.1) is 11.3 Å². The van der Waals surface area contributed by atoms with Crippen LogP contribution in [0.15, 0.2) is 5.38 Å². The van der Waals surface area contributed by atoms with Crippen molar-refractivity contribution < 1.29 is 14.7 Å². The molecule has 1 rings (SSSR count). The minimum absolute atomic E-state index is 0.311. The van der Waals surface area contributed by atoms with E-state index in [9.17, 15) is 14.7 Å². The van der Waals surface area contributed by atoms with Crippen LogP contribution in [0.5, 0.6) is 0 Å². The molecule has 1 amide bonds. The first-order valence-electron chi connectivity index (χ1n) is 5.52. The Balaban J connectivity index is 3.15. The molecule has 0 radical (unpaired) electrons. The van der Waals surface area contributed by atoms with Gasteiger partial charge in [-0.05, 0) is 38.6 Å². The van der Waals surface area contributed by atoms with Gasteiger partial charge in [0.2, 0.25) is 0 Å². The van der Waals surface area contributed by atoms with Crippen LogP contribution in [0.2, 0.25) is 5.02 Å². The van der Waals surface area contributed by atoms with Crippen molar-refractivity contribution in [2.24, 2.45) is 0 Å². The number of carboxylic acid groups (broad SMARTS) is 1. The lowest BCUT2D eigenvalue weighted by Crippen LogP contribution is -2.52. The molecule has 1 N–H and O–H groups in total. The topological polar surface area (TPSA) is 57.6 Å². The molecular weight excluding hydrogens is 274 g/mol. The maximum absolute atomic E-state index is 12.3. The summed E-state index contributed by atoms with van der Waals surface area (Å²) < 4.78 is 0. The molecule has 0 aliphatic rings. The van der Waals surface area contributed by atoms with E-state index < -0.39 is 11.5 Å². The second kappa shape index (κ2) is 5.28. The maximum atomic E-state index is 12.3. The molecule has 100 valence electrons. The van der Waals surface area contributed by atoms with E-state index >= 15 is 0 Å². The zero-order chi connectivity index (χ0) is 14.1. The van der Waals surface area contributed by atoms with E-state index in [1.807, 2.05) is 6.92 Å². The van der Waals surface area contributed by atoms with E-state index in [1.54, 1.807) is 12.3 Å². The SMILES string of the molecule is CCN(C(=O)c1scc(C)c1Cl)C(C)(C)C(=O)O. The van der Waals surface area contributed by atoms with Gasteiger partial charge in [0.25, 0.3) is 5.91 Å². The summed E-state index contributed by atoms with van der Waals surface area (Å²) in [5, 5.41) is 11.4. The number of nitrogens with zero attached hydrogens (tertiary/aromatic N) is 1. The van der Waals surface area contributed by atoms with Crippen LogP contribution in [0.4, 0.5) is 0 Å². The van der Waals surface area contributed by atoms with Crippen LogP contribution in [-0.2, 0) is 4.79 Å². The summed E-state index contributed by atoms with van der Waals surface area (Å²) in [4.78, 5) is 25.3. The average molecular weight is 290 g/mol. The van der Waals surface area contributed by atoms with Crippen molar-refractivity contribution in [3.63, 3.8) is 0 Å². The van der Waals surface area contributed by atoms with Crippen LogP contribution < -0.4 is 0 Å². The lowest BCUT2D eigenvalue weighted by atomic mass is 10.0. The van der Waals surface area contributed by atoms with Crippen molar-refractivity contribution in [3.8, 4) is 0 Å². The Kier molecular flexibility index (Phi) is 4.40. The van der Waals surface area contributed by atoms with Crippen LogP contribution in [0.25, 0.3) is 0 Å². The summed E-state index contributed by atoms with van der Waals surface area (Å²) in [6, 6.07) is 0. The lowest BCUT2D eigenvalue weighted by molar-refractivity contribution is -0.147. The van der Waals surface area contributed by atoms with Crippen LogP contribution in [0.3, 0.4) is 0 Å². The van der Waals surface area contributed by atoms with Crippen molar-refractivity contribution in [1.29, 1.82) is 0 Å². The summed E-state index contributed by atoms with van der Waals surface area (Å²) in [5.74, 6) is -1.38. The van der Waals surface area contributed by atoms with E-state index in [2.05, 4.69) is 0 Å². The zero-order valence-electron chi connectivity index (χ0n) is 10.8. The van der Waals surface area contributed by atoms with Gasteiger partial charge in [-0.1, -0.05) is 11.6 Å². The summed E-state index contributed by atoms with van der Waals surface area (Å²) in [5.41, 5.74) is -0.429. The van der Waals surface area contributed by atoms with E-state index in [0.717, 1.165) is 5.56 Å². The third-order valence-electron chi connectivity index (χ3n) is 2.85. The molecule has 0 aromatic carbocycles. The summed E-state index contributed by atoms with van der Waals surface area (Å²) in [6.07, 6.45) is 0. The van der Waals surface area contributed by atoms with Gasteiger partial charge in [-0.2, -0.15) is 0 Å². The van der Waals surface area contributed by atoms with Crippen LogP contribution in [0, 0.1) is 6.92 Å². The van der Waals surface area contributed by atoms with Gasteiger partial charge in [-0.3, -0.25) is 4.79 Å². The Labute approximate surface area is 115 Å². The first-order valence-corrected chi connectivity index (χ1v) is 6.78. The second-order valence-corrected chi connectivity index (χ2v) is 5.73. The van der Waals surface area contributed by atoms with Gasteiger partial charge in [0, 0.05) is 6.54 Å². The molecule has 0 saturated carbocycles. The van der Waals surface area contributed by atoms with Crippen molar-refractivity contribution in [3.05, 3.63) is 20.8 Å². The van der Waals surface area contributed by atoms with E-state index in [1.165, 1.54) is 30.1 Å². The second-order valence-electron chi connectivity index (χ2n) is 4.48.